The zero-order chi connectivity index (χ0) is 20.2. The van der Waals surface area contributed by atoms with Crippen molar-refractivity contribution in [3.05, 3.63) is 83.8 Å². The van der Waals surface area contributed by atoms with Gasteiger partial charge >= 0.3 is 0 Å². The molecule has 4 rings (SSSR count). The number of anilines is 1. The Labute approximate surface area is 169 Å². The molecule has 2 aromatic carbocycles. The predicted octanol–water partition coefficient (Wildman–Crippen LogP) is 3.88. The molecule has 1 aliphatic heterocycles. The lowest BCUT2D eigenvalue weighted by molar-refractivity contribution is -0.121. The molecule has 6 nitrogen and oxygen atoms in total. The second kappa shape index (κ2) is 8.22. The summed E-state index contributed by atoms with van der Waals surface area (Å²) in [5, 5.41) is 2.92. The molecule has 1 aromatic heterocycles. The number of carbonyl (C=O) groups is 2. The van der Waals surface area contributed by atoms with Gasteiger partial charge in [0, 0.05) is 18.7 Å². The van der Waals surface area contributed by atoms with E-state index in [1.807, 2.05) is 31.2 Å². The summed E-state index contributed by atoms with van der Waals surface area (Å²) >= 11 is 0. The van der Waals surface area contributed by atoms with Crippen molar-refractivity contribution in [3.63, 3.8) is 0 Å². The van der Waals surface area contributed by atoms with Gasteiger partial charge in [0.25, 0.3) is 5.91 Å². The summed E-state index contributed by atoms with van der Waals surface area (Å²) in [6.45, 7) is 2.86. The van der Waals surface area contributed by atoms with Crippen LogP contribution in [-0.2, 0) is 17.8 Å². The van der Waals surface area contributed by atoms with Gasteiger partial charge in [-0.15, -0.1) is 0 Å². The molecule has 1 N–H and O–H groups in total. The quantitative estimate of drug-likeness (QED) is 0.718. The number of fused-ring (bicyclic) bond motifs is 1. The molecule has 0 unspecified atom stereocenters. The fourth-order valence-electron chi connectivity index (χ4n) is 3.54. The number of hydrogen-bond donors (Lipinski definition) is 1. The highest BCUT2D eigenvalue weighted by molar-refractivity contribution is 6.00. The van der Waals surface area contributed by atoms with E-state index in [-0.39, 0.29) is 17.6 Å². The third-order valence-corrected chi connectivity index (χ3v) is 4.98. The lowest BCUT2D eigenvalue weighted by Crippen LogP contribution is -2.50. The Kier molecular flexibility index (Phi) is 5.33. The average Bonchev–Trinajstić information content (AvgIpc) is 3.29. The molecule has 0 saturated carbocycles. The Morgan fingerprint density at radius 2 is 1.83 bits per heavy atom. The summed E-state index contributed by atoms with van der Waals surface area (Å²) in [4.78, 5) is 27.7. The summed E-state index contributed by atoms with van der Waals surface area (Å²) in [5.41, 5.74) is 2.77. The third-order valence-electron chi connectivity index (χ3n) is 4.98. The highest BCUT2D eigenvalue weighted by atomic mass is 16.5. The Balaban J connectivity index is 1.58. The lowest BCUT2D eigenvalue weighted by atomic mass is 9.93. The van der Waals surface area contributed by atoms with Gasteiger partial charge < -0.3 is 19.4 Å². The van der Waals surface area contributed by atoms with Crippen LogP contribution in [0.4, 0.5) is 5.69 Å². The van der Waals surface area contributed by atoms with Crippen LogP contribution in [0.3, 0.4) is 0 Å². The van der Waals surface area contributed by atoms with Crippen LogP contribution in [0.15, 0.2) is 71.3 Å². The molecule has 0 aliphatic carbocycles. The monoisotopic (exact) mass is 390 g/mol. The van der Waals surface area contributed by atoms with Crippen molar-refractivity contribution >= 4 is 17.5 Å². The van der Waals surface area contributed by atoms with Crippen molar-refractivity contribution in [1.82, 2.24) is 4.90 Å². The number of benzene rings is 2. The molecule has 6 heteroatoms. The minimum Gasteiger partial charge on any atom is -0.494 e. The van der Waals surface area contributed by atoms with Crippen molar-refractivity contribution in [2.75, 3.05) is 11.9 Å². The van der Waals surface area contributed by atoms with Crippen LogP contribution in [0.1, 0.15) is 28.6 Å². The first kappa shape index (κ1) is 18.8. The maximum atomic E-state index is 13.1. The number of ether oxygens (including phenoxy) is 1. The molecule has 1 aliphatic rings. The first-order chi connectivity index (χ1) is 14.2. The molecule has 0 saturated heterocycles. The van der Waals surface area contributed by atoms with E-state index in [1.54, 1.807) is 41.3 Å². The standard InChI is InChI=1S/C23H22N2O4/c1-2-28-19-11-9-18(10-12-19)24-22(26)20-14-16-6-3-4-7-17(16)15-25(20)23(27)21-8-5-13-29-21/h3-13,20H,2,14-15H2,1H3,(H,24,26)/t20-/m1/s1. The van der Waals surface area contributed by atoms with Crippen molar-refractivity contribution in [2.45, 2.75) is 25.9 Å². The number of furan rings is 1. The van der Waals surface area contributed by atoms with Crippen molar-refractivity contribution < 1.29 is 18.7 Å². The smallest absolute Gasteiger partial charge is 0.290 e. The van der Waals surface area contributed by atoms with Gasteiger partial charge in [0.2, 0.25) is 5.91 Å². The topological polar surface area (TPSA) is 71.8 Å². The van der Waals surface area contributed by atoms with Gasteiger partial charge in [0.05, 0.1) is 12.9 Å². The normalized spacial score (nSPS) is 15.5. The number of nitrogens with one attached hydrogen (secondary N) is 1. The zero-order valence-corrected chi connectivity index (χ0v) is 16.1. The van der Waals surface area contributed by atoms with Crippen LogP contribution in [0, 0.1) is 0 Å². The van der Waals surface area contributed by atoms with Crippen LogP contribution in [0.5, 0.6) is 5.75 Å². The minimum atomic E-state index is -0.630. The maximum Gasteiger partial charge on any atom is 0.290 e. The first-order valence-corrected chi connectivity index (χ1v) is 9.60. The summed E-state index contributed by atoms with van der Waals surface area (Å²) in [6.07, 6.45) is 1.91. The predicted molar refractivity (Wildman–Crippen MR) is 109 cm³/mol. The number of hydrogen-bond acceptors (Lipinski definition) is 4. The third kappa shape index (κ3) is 4.01. The van der Waals surface area contributed by atoms with E-state index >= 15 is 0 Å². The van der Waals surface area contributed by atoms with E-state index in [1.165, 1.54) is 6.26 Å². The van der Waals surface area contributed by atoms with Gasteiger partial charge in [-0.05, 0) is 54.4 Å². The average molecular weight is 390 g/mol. The van der Waals surface area contributed by atoms with Gasteiger partial charge in [-0.25, -0.2) is 0 Å². The molecule has 1 atom stereocenters. The van der Waals surface area contributed by atoms with Gasteiger partial charge in [-0.2, -0.15) is 0 Å². The molecule has 148 valence electrons. The molecule has 2 heterocycles. The molecule has 29 heavy (non-hydrogen) atoms. The molecule has 2 amide bonds. The molecule has 0 spiro atoms. The highest BCUT2D eigenvalue weighted by Gasteiger charge is 2.36. The minimum absolute atomic E-state index is 0.225. The van der Waals surface area contributed by atoms with Crippen LogP contribution in [0.2, 0.25) is 0 Å². The second-order valence-electron chi connectivity index (χ2n) is 6.85. The summed E-state index contributed by atoms with van der Waals surface area (Å²) in [6, 6.07) is 17.7. The van der Waals surface area contributed by atoms with Crippen molar-refractivity contribution in [3.8, 4) is 5.75 Å². The zero-order valence-electron chi connectivity index (χ0n) is 16.1. The van der Waals surface area contributed by atoms with Gasteiger partial charge in [0.1, 0.15) is 11.8 Å². The number of amides is 2. The molecule has 0 radical (unpaired) electrons. The number of nitrogens with zero attached hydrogens (tertiary/aromatic N) is 1. The maximum absolute atomic E-state index is 13.1. The Morgan fingerprint density at radius 1 is 1.07 bits per heavy atom. The van der Waals surface area contributed by atoms with E-state index in [0.717, 1.165) is 16.9 Å². The van der Waals surface area contributed by atoms with E-state index in [0.29, 0.717) is 25.3 Å². The first-order valence-electron chi connectivity index (χ1n) is 9.60. The van der Waals surface area contributed by atoms with E-state index in [9.17, 15) is 9.59 Å². The van der Waals surface area contributed by atoms with Crippen LogP contribution in [0.25, 0.3) is 0 Å². The Bertz CT molecular complexity index is 996. The molecule has 0 fully saturated rings. The van der Waals surface area contributed by atoms with Crippen molar-refractivity contribution in [1.29, 1.82) is 0 Å². The summed E-state index contributed by atoms with van der Waals surface area (Å²) in [5.74, 6) is 0.440. The van der Waals surface area contributed by atoms with E-state index in [2.05, 4.69) is 5.32 Å². The summed E-state index contributed by atoms with van der Waals surface area (Å²) in [7, 11) is 0. The van der Waals surface area contributed by atoms with Crippen LogP contribution in [-0.4, -0.2) is 29.4 Å². The van der Waals surface area contributed by atoms with Gasteiger partial charge in [0.15, 0.2) is 5.76 Å². The lowest BCUT2D eigenvalue weighted by Gasteiger charge is -2.35. The van der Waals surface area contributed by atoms with E-state index in [4.69, 9.17) is 9.15 Å². The molecule has 3 aromatic rings. The highest BCUT2D eigenvalue weighted by Crippen LogP contribution is 2.26. The SMILES string of the molecule is CCOc1ccc(NC(=O)[C@H]2Cc3ccccc3CN2C(=O)c2ccco2)cc1. The van der Waals surface area contributed by atoms with E-state index < -0.39 is 6.04 Å². The second-order valence-corrected chi connectivity index (χ2v) is 6.85. The number of rotatable bonds is 5. The molecular weight excluding hydrogens is 368 g/mol. The summed E-state index contributed by atoms with van der Waals surface area (Å²) < 4.78 is 10.7. The molecule has 0 bridgehead atoms. The van der Waals surface area contributed by atoms with Gasteiger partial charge in [-0.1, -0.05) is 24.3 Å². The van der Waals surface area contributed by atoms with Crippen LogP contribution >= 0.6 is 0 Å². The largest absolute Gasteiger partial charge is 0.494 e. The van der Waals surface area contributed by atoms with Crippen LogP contribution < -0.4 is 10.1 Å². The molecular formula is C23H22N2O4. The Morgan fingerprint density at radius 3 is 2.52 bits per heavy atom. The Hall–Kier alpha value is -3.54. The van der Waals surface area contributed by atoms with Crippen molar-refractivity contribution in [2.24, 2.45) is 0 Å². The van der Waals surface area contributed by atoms with Gasteiger partial charge in [-0.3, -0.25) is 9.59 Å². The fraction of sp³-hybridized carbons (Fsp3) is 0.217. The fourth-order valence-corrected chi connectivity index (χ4v) is 3.54. The number of carbonyl (C=O) groups excluding carboxylic acids is 2.